The summed E-state index contributed by atoms with van der Waals surface area (Å²) in [4.78, 5) is 21.2. The Labute approximate surface area is 151 Å². The summed E-state index contributed by atoms with van der Waals surface area (Å²) in [6.07, 6.45) is 0.930. The van der Waals surface area contributed by atoms with Crippen molar-refractivity contribution < 1.29 is 9.90 Å². The minimum atomic E-state index is -0.546. The van der Waals surface area contributed by atoms with Crippen LogP contribution in [0.1, 0.15) is 52.8 Å². The number of aryl methyl sites for hydroxylation is 1. The number of aliphatic hydroxyl groups is 1. The highest BCUT2D eigenvalue weighted by Crippen LogP contribution is 2.21. The SMILES string of the molecule is CC[C@@H](O)c1cc2n(n1)CCCN(C(=O)c1csc(CN(C)C)n1)C2. The molecule has 3 heterocycles. The van der Waals surface area contributed by atoms with Crippen LogP contribution in [0.5, 0.6) is 0 Å². The molecular formula is C17H25N5O2S. The molecule has 7 nitrogen and oxygen atoms in total. The van der Waals surface area contributed by atoms with Gasteiger partial charge in [-0.2, -0.15) is 5.10 Å². The van der Waals surface area contributed by atoms with E-state index in [2.05, 4.69) is 10.1 Å². The smallest absolute Gasteiger partial charge is 0.273 e. The maximum atomic E-state index is 12.8. The van der Waals surface area contributed by atoms with Crippen LogP contribution in [-0.4, -0.2) is 56.2 Å². The van der Waals surface area contributed by atoms with Crippen molar-refractivity contribution in [1.82, 2.24) is 24.6 Å². The van der Waals surface area contributed by atoms with Gasteiger partial charge in [0.25, 0.3) is 5.91 Å². The molecular weight excluding hydrogens is 338 g/mol. The zero-order valence-electron chi connectivity index (χ0n) is 15.0. The van der Waals surface area contributed by atoms with E-state index in [-0.39, 0.29) is 5.91 Å². The maximum absolute atomic E-state index is 12.8. The molecule has 0 spiro atoms. The van der Waals surface area contributed by atoms with Crippen LogP contribution in [-0.2, 0) is 19.6 Å². The van der Waals surface area contributed by atoms with Gasteiger partial charge in [0.05, 0.1) is 24.0 Å². The number of rotatable bonds is 5. The van der Waals surface area contributed by atoms with Crippen molar-refractivity contribution >= 4 is 17.2 Å². The normalized spacial score (nSPS) is 16.0. The first kappa shape index (κ1) is 18.0. The Morgan fingerprint density at radius 2 is 2.24 bits per heavy atom. The van der Waals surface area contributed by atoms with Crippen molar-refractivity contribution in [2.75, 3.05) is 20.6 Å². The quantitative estimate of drug-likeness (QED) is 0.878. The maximum Gasteiger partial charge on any atom is 0.273 e. The van der Waals surface area contributed by atoms with E-state index in [0.717, 1.165) is 30.2 Å². The minimum Gasteiger partial charge on any atom is -0.387 e. The summed E-state index contributed by atoms with van der Waals surface area (Å²) in [5.41, 5.74) is 2.18. The molecule has 0 bridgehead atoms. The number of thiazole rings is 1. The molecule has 0 fully saturated rings. The number of aliphatic hydroxyl groups excluding tert-OH is 1. The van der Waals surface area contributed by atoms with Crippen LogP contribution < -0.4 is 0 Å². The summed E-state index contributed by atoms with van der Waals surface area (Å²) in [6, 6.07) is 1.91. The van der Waals surface area contributed by atoms with Crippen molar-refractivity contribution in [3.05, 3.63) is 33.5 Å². The second-order valence-corrected chi connectivity index (χ2v) is 7.59. The number of aromatic nitrogens is 3. The third-order valence-electron chi connectivity index (χ3n) is 4.27. The molecule has 0 aromatic carbocycles. The summed E-state index contributed by atoms with van der Waals surface area (Å²) in [7, 11) is 3.97. The molecule has 8 heteroatoms. The van der Waals surface area contributed by atoms with Crippen molar-refractivity contribution in [3.63, 3.8) is 0 Å². The van der Waals surface area contributed by atoms with Crippen molar-refractivity contribution in [2.45, 2.75) is 45.5 Å². The highest BCUT2D eigenvalue weighted by molar-refractivity contribution is 7.09. The van der Waals surface area contributed by atoms with Gasteiger partial charge >= 0.3 is 0 Å². The molecule has 0 radical (unpaired) electrons. The average Bonchev–Trinajstić information content (AvgIpc) is 3.15. The molecule has 1 N–H and O–H groups in total. The van der Waals surface area contributed by atoms with Gasteiger partial charge in [0.2, 0.25) is 0 Å². The molecule has 0 saturated heterocycles. The van der Waals surface area contributed by atoms with Gasteiger partial charge in [0.1, 0.15) is 10.7 Å². The number of carbonyl (C=O) groups excluding carboxylic acids is 1. The van der Waals surface area contributed by atoms with Crippen molar-refractivity contribution in [2.24, 2.45) is 0 Å². The van der Waals surface area contributed by atoms with Crippen LogP contribution in [0.25, 0.3) is 0 Å². The van der Waals surface area contributed by atoms with E-state index in [0.29, 0.717) is 30.9 Å². The first-order valence-corrected chi connectivity index (χ1v) is 9.49. The van der Waals surface area contributed by atoms with Gasteiger partial charge in [-0.25, -0.2) is 4.98 Å². The van der Waals surface area contributed by atoms with Crippen LogP contribution in [0.4, 0.5) is 0 Å². The Hall–Kier alpha value is -1.77. The minimum absolute atomic E-state index is 0.0338. The average molecular weight is 363 g/mol. The molecule has 25 heavy (non-hydrogen) atoms. The van der Waals surface area contributed by atoms with E-state index in [1.807, 2.05) is 46.9 Å². The topological polar surface area (TPSA) is 74.5 Å². The molecule has 1 aliphatic rings. The zero-order valence-corrected chi connectivity index (χ0v) is 15.8. The van der Waals surface area contributed by atoms with Gasteiger partial charge in [-0.1, -0.05) is 6.92 Å². The lowest BCUT2D eigenvalue weighted by Gasteiger charge is -2.18. The first-order valence-electron chi connectivity index (χ1n) is 8.61. The second-order valence-electron chi connectivity index (χ2n) is 6.65. The Morgan fingerprint density at radius 3 is 2.96 bits per heavy atom. The Kier molecular flexibility index (Phi) is 5.51. The van der Waals surface area contributed by atoms with Crippen LogP contribution >= 0.6 is 11.3 Å². The van der Waals surface area contributed by atoms with Gasteiger partial charge < -0.3 is 14.9 Å². The van der Waals surface area contributed by atoms with Crippen LogP contribution in [0.2, 0.25) is 0 Å². The molecule has 2 aromatic rings. The lowest BCUT2D eigenvalue weighted by Crippen LogP contribution is -2.31. The molecule has 1 aliphatic heterocycles. The van der Waals surface area contributed by atoms with E-state index in [4.69, 9.17) is 0 Å². The third-order valence-corrected chi connectivity index (χ3v) is 5.10. The summed E-state index contributed by atoms with van der Waals surface area (Å²) >= 11 is 1.52. The number of fused-ring (bicyclic) bond motifs is 1. The number of hydrogen-bond acceptors (Lipinski definition) is 6. The molecule has 0 unspecified atom stereocenters. The molecule has 0 saturated carbocycles. The van der Waals surface area contributed by atoms with E-state index in [9.17, 15) is 9.90 Å². The van der Waals surface area contributed by atoms with E-state index in [1.165, 1.54) is 11.3 Å². The number of carbonyl (C=O) groups is 1. The van der Waals surface area contributed by atoms with E-state index >= 15 is 0 Å². The standard InChI is InChI=1S/C17H25N5O2S/c1-4-15(23)13-8-12-9-21(6-5-7-22(12)19-13)17(24)14-11-25-16(18-14)10-20(2)3/h8,11,15,23H,4-7,9-10H2,1-3H3/t15-/m1/s1. The molecule has 1 amide bonds. The Bertz CT molecular complexity index is 739. The fraction of sp³-hybridized carbons (Fsp3) is 0.588. The van der Waals surface area contributed by atoms with Crippen molar-refractivity contribution in [1.29, 1.82) is 0 Å². The first-order chi connectivity index (χ1) is 12.0. The third kappa shape index (κ3) is 4.08. The number of nitrogens with zero attached hydrogens (tertiary/aromatic N) is 5. The molecule has 2 aromatic heterocycles. The van der Waals surface area contributed by atoms with E-state index in [1.54, 1.807) is 0 Å². The largest absolute Gasteiger partial charge is 0.387 e. The van der Waals surface area contributed by atoms with Crippen LogP contribution in [0.3, 0.4) is 0 Å². The summed E-state index contributed by atoms with van der Waals surface area (Å²) in [5.74, 6) is -0.0338. The molecule has 136 valence electrons. The summed E-state index contributed by atoms with van der Waals surface area (Å²) < 4.78 is 1.92. The zero-order chi connectivity index (χ0) is 18.0. The van der Waals surface area contributed by atoms with Crippen LogP contribution in [0, 0.1) is 0 Å². The predicted octanol–water partition coefficient (Wildman–Crippen LogP) is 1.89. The second kappa shape index (κ2) is 7.63. The van der Waals surface area contributed by atoms with Crippen LogP contribution in [0.15, 0.2) is 11.4 Å². The number of amides is 1. The Morgan fingerprint density at radius 1 is 1.44 bits per heavy atom. The van der Waals surface area contributed by atoms with E-state index < -0.39 is 6.10 Å². The summed E-state index contributed by atoms with van der Waals surface area (Å²) in [5, 5.41) is 17.3. The summed E-state index contributed by atoms with van der Waals surface area (Å²) in [6.45, 7) is 4.62. The lowest BCUT2D eigenvalue weighted by molar-refractivity contribution is 0.0740. The van der Waals surface area contributed by atoms with Gasteiger partial charge in [-0.3, -0.25) is 9.48 Å². The fourth-order valence-corrected chi connectivity index (χ4v) is 3.83. The van der Waals surface area contributed by atoms with Gasteiger partial charge in [0, 0.05) is 25.0 Å². The van der Waals surface area contributed by atoms with Gasteiger partial charge in [-0.05, 0) is 33.0 Å². The predicted molar refractivity (Wildman–Crippen MR) is 96.3 cm³/mol. The highest BCUT2D eigenvalue weighted by atomic mass is 32.1. The molecule has 1 atom stereocenters. The van der Waals surface area contributed by atoms with Gasteiger partial charge in [0.15, 0.2) is 0 Å². The molecule has 0 aliphatic carbocycles. The highest BCUT2D eigenvalue weighted by Gasteiger charge is 2.24. The number of hydrogen-bond donors (Lipinski definition) is 1. The Balaban J connectivity index is 1.75. The van der Waals surface area contributed by atoms with Gasteiger partial charge in [-0.15, -0.1) is 11.3 Å². The fourth-order valence-electron chi connectivity index (χ4n) is 2.94. The van der Waals surface area contributed by atoms with Crippen molar-refractivity contribution in [3.8, 4) is 0 Å². The molecule has 3 rings (SSSR count). The monoisotopic (exact) mass is 363 g/mol. The lowest BCUT2D eigenvalue weighted by atomic mass is 10.2.